The normalized spacial score (nSPS) is 15.5. The van der Waals surface area contributed by atoms with Gasteiger partial charge in [-0.25, -0.2) is 13.1 Å². The first kappa shape index (κ1) is 20.8. The number of nitrogens with one attached hydrogen (secondary N) is 2. The summed E-state index contributed by atoms with van der Waals surface area (Å²) in [5.74, 6) is 0.668. The lowest BCUT2D eigenvalue weighted by molar-refractivity contribution is 0.301. The summed E-state index contributed by atoms with van der Waals surface area (Å²) in [4.78, 5) is 0.226. The fraction of sp³-hybridized carbons (Fsp3) is 0.455. The first-order valence-electron chi connectivity index (χ1n) is 10.1. The van der Waals surface area contributed by atoms with E-state index in [-0.39, 0.29) is 18.0 Å². The standard InChI is InChI=1S/C22H30N2O3S/c25-14-13-24-28(26,27)21-12-11-20(15-18-7-3-1-4-8-18)22(16-21)23-17-19-9-5-2-6-10-19/h2,5-6,9-12,16,18,23-25H,1,3-4,7-8,13-15,17H2. The van der Waals surface area contributed by atoms with Gasteiger partial charge in [-0.3, -0.25) is 0 Å². The summed E-state index contributed by atoms with van der Waals surface area (Å²) in [6, 6.07) is 15.4. The van der Waals surface area contributed by atoms with Crippen LogP contribution in [0.25, 0.3) is 0 Å². The Balaban J connectivity index is 1.82. The van der Waals surface area contributed by atoms with Gasteiger partial charge in [0.25, 0.3) is 0 Å². The molecule has 0 atom stereocenters. The molecule has 0 bridgehead atoms. The lowest BCUT2D eigenvalue weighted by Gasteiger charge is -2.23. The van der Waals surface area contributed by atoms with Crippen molar-refractivity contribution in [3.63, 3.8) is 0 Å². The molecule has 3 N–H and O–H groups in total. The smallest absolute Gasteiger partial charge is 0.240 e. The molecule has 28 heavy (non-hydrogen) atoms. The van der Waals surface area contributed by atoms with E-state index in [0.717, 1.165) is 17.7 Å². The third-order valence-electron chi connectivity index (χ3n) is 5.35. The lowest BCUT2D eigenvalue weighted by Crippen LogP contribution is -2.26. The molecule has 0 spiro atoms. The quantitative estimate of drug-likeness (QED) is 0.598. The van der Waals surface area contributed by atoms with Crippen molar-refractivity contribution in [3.8, 4) is 0 Å². The molecule has 0 aliphatic heterocycles. The second kappa shape index (κ2) is 10.0. The second-order valence-electron chi connectivity index (χ2n) is 7.49. The highest BCUT2D eigenvalue weighted by atomic mass is 32.2. The van der Waals surface area contributed by atoms with Crippen LogP contribution in [0, 0.1) is 5.92 Å². The summed E-state index contributed by atoms with van der Waals surface area (Å²) in [5, 5.41) is 12.4. The number of benzene rings is 2. The fourth-order valence-electron chi connectivity index (χ4n) is 3.82. The highest BCUT2D eigenvalue weighted by Crippen LogP contribution is 2.30. The van der Waals surface area contributed by atoms with Crippen LogP contribution in [0.1, 0.15) is 43.2 Å². The molecule has 6 heteroatoms. The van der Waals surface area contributed by atoms with Gasteiger partial charge in [0.2, 0.25) is 10.0 Å². The molecule has 0 amide bonds. The maximum Gasteiger partial charge on any atom is 0.240 e. The van der Waals surface area contributed by atoms with Gasteiger partial charge in [0.05, 0.1) is 11.5 Å². The maximum atomic E-state index is 12.5. The Morgan fingerprint density at radius 3 is 2.46 bits per heavy atom. The molecule has 1 aliphatic rings. The number of rotatable bonds is 9. The van der Waals surface area contributed by atoms with Crippen molar-refractivity contribution in [3.05, 3.63) is 59.7 Å². The Kier molecular flexibility index (Phi) is 7.48. The molecule has 1 fully saturated rings. The highest BCUT2D eigenvalue weighted by molar-refractivity contribution is 7.89. The number of hydrogen-bond acceptors (Lipinski definition) is 4. The summed E-state index contributed by atoms with van der Waals surface area (Å²) in [6.07, 6.45) is 7.36. The summed E-state index contributed by atoms with van der Waals surface area (Å²) in [7, 11) is -3.63. The van der Waals surface area contributed by atoms with E-state index in [1.807, 2.05) is 24.3 Å². The van der Waals surface area contributed by atoms with Gasteiger partial charge in [-0.1, -0.05) is 68.5 Å². The number of sulfonamides is 1. The largest absolute Gasteiger partial charge is 0.395 e. The van der Waals surface area contributed by atoms with E-state index in [1.165, 1.54) is 37.7 Å². The molecule has 0 saturated heterocycles. The van der Waals surface area contributed by atoms with Gasteiger partial charge >= 0.3 is 0 Å². The molecule has 5 nitrogen and oxygen atoms in total. The molecular weight excluding hydrogens is 372 g/mol. The zero-order valence-corrected chi connectivity index (χ0v) is 17.0. The van der Waals surface area contributed by atoms with Gasteiger partial charge < -0.3 is 10.4 Å². The number of anilines is 1. The van der Waals surface area contributed by atoms with Crippen molar-refractivity contribution in [1.82, 2.24) is 4.72 Å². The second-order valence-corrected chi connectivity index (χ2v) is 9.25. The van der Waals surface area contributed by atoms with Gasteiger partial charge in [0, 0.05) is 18.8 Å². The fourth-order valence-corrected chi connectivity index (χ4v) is 4.87. The Labute approximate surface area is 168 Å². The SMILES string of the molecule is O=S(=O)(NCCO)c1ccc(CC2CCCCC2)c(NCc2ccccc2)c1. The molecule has 0 radical (unpaired) electrons. The molecule has 2 aromatic carbocycles. The monoisotopic (exact) mass is 402 g/mol. The molecule has 0 unspecified atom stereocenters. The summed E-state index contributed by atoms with van der Waals surface area (Å²) < 4.78 is 27.4. The van der Waals surface area contributed by atoms with Crippen molar-refractivity contribution >= 4 is 15.7 Å². The van der Waals surface area contributed by atoms with Crippen molar-refractivity contribution in [1.29, 1.82) is 0 Å². The molecule has 1 aliphatic carbocycles. The average molecular weight is 403 g/mol. The van der Waals surface area contributed by atoms with E-state index in [2.05, 4.69) is 22.2 Å². The first-order valence-corrected chi connectivity index (χ1v) is 11.6. The Bertz CT molecular complexity index is 847. The van der Waals surface area contributed by atoms with Crippen molar-refractivity contribution in [2.24, 2.45) is 5.92 Å². The van der Waals surface area contributed by atoms with Crippen LogP contribution in [0.4, 0.5) is 5.69 Å². The lowest BCUT2D eigenvalue weighted by atomic mass is 9.84. The highest BCUT2D eigenvalue weighted by Gasteiger charge is 2.19. The van der Waals surface area contributed by atoms with E-state index in [1.54, 1.807) is 12.1 Å². The Morgan fingerprint density at radius 2 is 1.75 bits per heavy atom. The van der Waals surface area contributed by atoms with Crippen molar-refractivity contribution in [2.75, 3.05) is 18.5 Å². The van der Waals surface area contributed by atoms with Crippen LogP contribution in [0.5, 0.6) is 0 Å². The Morgan fingerprint density at radius 1 is 1.00 bits per heavy atom. The third kappa shape index (κ3) is 5.80. The maximum absolute atomic E-state index is 12.5. The van der Waals surface area contributed by atoms with Gasteiger partial charge in [0.15, 0.2) is 0 Å². The van der Waals surface area contributed by atoms with Crippen LogP contribution >= 0.6 is 0 Å². The average Bonchev–Trinajstić information content (AvgIpc) is 2.73. The van der Waals surface area contributed by atoms with Crippen LogP contribution in [-0.4, -0.2) is 26.7 Å². The minimum absolute atomic E-state index is 0.0128. The number of aliphatic hydroxyl groups excluding tert-OH is 1. The molecular formula is C22H30N2O3S. The van der Waals surface area contributed by atoms with Gasteiger partial charge in [-0.15, -0.1) is 0 Å². The van der Waals surface area contributed by atoms with Crippen LogP contribution in [0.3, 0.4) is 0 Å². The number of aliphatic hydroxyl groups is 1. The van der Waals surface area contributed by atoms with Crippen molar-refractivity contribution < 1.29 is 13.5 Å². The third-order valence-corrected chi connectivity index (χ3v) is 6.81. The summed E-state index contributed by atoms with van der Waals surface area (Å²) in [5.41, 5.74) is 3.20. The zero-order valence-electron chi connectivity index (χ0n) is 16.2. The van der Waals surface area contributed by atoms with E-state index >= 15 is 0 Å². The molecule has 0 aromatic heterocycles. The van der Waals surface area contributed by atoms with Gasteiger partial charge in [0.1, 0.15) is 0 Å². The Hall–Kier alpha value is -1.89. The van der Waals surface area contributed by atoms with Crippen molar-refractivity contribution in [2.45, 2.75) is 50.0 Å². The van der Waals surface area contributed by atoms with E-state index < -0.39 is 10.0 Å². The minimum atomic E-state index is -3.63. The zero-order chi connectivity index (χ0) is 19.8. The van der Waals surface area contributed by atoms with E-state index in [4.69, 9.17) is 5.11 Å². The van der Waals surface area contributed by atoms with Crippen LogP contribution in [0.2, 0.25) is 0 Å². The molecule has 1 saturated carbocycles. The molecule has 3 rings (SSSR count). The van der Waals surface area contributed by atoms with Crippen LogP contribution in [-0.2, 0) is 23.0 Å². The summed E-state index contributed by atoms with van der Waals surface area (Å²) >= 11 is 0. The summed E-state index contributed by atoms with van der Waals surface area (Å²) in [6.45, 7) is 0.434. The van der Waals surface area contributed by atoms with Gasteiger partial charge in [-0.2, -0.15) is 0 Å². The van der Waals surface area contributed by atoms with Crippen LogP contribution in [0.15, 0.2) is 53.4 Å². The van der Waals surface area contributed by atoms with Crippen LogP contribution < -0.4 is 10.0 Å². The van der Waals surface area contributed by atoms with E-state index in [0.29, 0.717) is 12.5 Å². The predicted molar refractivity (Wildman–Crippen MR) is 113 cm³/mol. The number of hydrogen-bond donors (Lipinski definition) is 3. The first-order chi connectivity index (χ1) is 13.6. The topological polar surface area (TPSA) is 78.4 Å². The predicted octanol–water partition coefficient (Wildman–Crippen LogP) is 3.69. The van der Waals surface area contributed by atoms with Gasteiger partial charge in [-0.05, 0) is 35.6 Å². The minimum Gasteiger partial charge on any atom is -0.395 e. The molecule has 0 heterocycles. The molecule has 2 aromatic rings. The molecule has 152 valence electrons. The van der Waals surface area contributed by atoms with E-state index in [9.17, 15) is 8.42 Å².